The number of carbonyl (C=O) groups excluding carboxylic acids is 1. The van der Waals surface area contributed by atoms with Gasteiger partial charge in [0.1, 0.15) is 5.75 Å². The molecule has 0 saturated heterocycles. The first-order valence-electron chi connectivity index (χ1n) is 9.44. The molecule has 6 heteroatoms. The Labute approximate surface area is 168 Å². The van der Waals surface area contributed by atoms with E-state index in [9.17, 15) is 4.79 Å². The Balaban J connectivity index is 1.38. The molecule has 0 atom stereocenters. The van der Waals surface area contributed by atoms with Crippen LogP contribution in [0.15, 0.2) is 71.3 Å². The van der Waals surface area contributed by atoms with Gasteiger partial charge in [0.2, 0.25) is 5.89 Å². The first-order valence-corrected chi connectivity index (χ1v) is 9.44. The van der Waals surface area contributed by atoms with Crippen molar-refractivity contribution in [3.63, 3.8) is 0 Å². The number of fused-ring (bicyclic) bond motifs is 1. The third-order valence-electron chi connectivity index (χ3n) is 4.31. The van der Waals surface area contributed by atoms with Crippen LogP contribution in [0.4, 0.5) is 0 Å². The summed E-state index contributed by atoms with van der Waals surface area (Å²) in [6.07, 6.45) is 1.79. The minimum atomic E-state index is -0.129. The summed E-state index contributed by atoms with van der Waals surface area (Å²) < 4.78 is 11.3. The molecule has 0 saturated carbocycles. The Morgan fingerprint density at radius 3 is 2.52 bits per heavy atom. The maximum absolute atomic E-state index is 12.4. The number of oxazole rings is 1. The number of aromatic nitrogens is 2. The second-order valence-electron chi connectivity index (χ2n) is 6.91. The molecule has 2 aromatic carbocycles. The summed E-state index contributed by atoms with van der Waals surface area (Å²) in [6.45, 7) is 4.36. The van der Waals surface area contributed by atoms with E-state index >= 15 is 0 Å². The molecule has 0 aliphatic rings. The van der Waals surface area contributed by atoms with Crippen LogP contribution in [0.3, 0.4) is 0 Å². The highest BCUT2D eigenvalue weighted by Crippen LogP contribution is 2.23. The van der Waals surface area contributed by atoms with Crippen molar-refractivity contribution in [2.24, 2.45) is 0 Å². The summed E-state index contributed by atoms with van der Waals surface area (Å²) in [7, 11) is 0. The zero-order valence-electron chi connectivity index (χ0n) is 16.3. The van der Waals surface area contributed by atoms with Gasteiger partial charge in [-0.15, -0.1) is 0 Å². The molecule has 1 N–H and O–H groups in total. The first-order chi connectivity index (χ1) is 14.1. The summed E-state index contributed by atoms with van der Waals surface area (Å²) in [4.78, 5) is 20.9. The van der Waals surface area contributed by atoms with Gasteiger partial charge in [-0.3, -0.25) is 4.79 Å². The van der Waals surface area contributed by atoms with Gasteiger partial charge in [0.05, 0.1) is 6.10 Å². The van der Waals surface area contributed by atoms with E-state index in [-0.39, 0.29) is 12.0 Å². The van der Waals surface area contributed by atoms with E-state index in [4.69, 9.17) is 9.15 Å². The van der Waals surface area contributed by atoms with Gasteiger partial charge in [-0.1, -0.05) is 12.1 Å². The number of pyridine rings is 1. The second kappa shape index (κ2) is 8.14. The highest BCUT2D eigenvalue weighted by Gasteiger charge is 2.09. The predicted molar refractivity (Wildman–Crippen MR) is 111 cm³/mol. The Morgan fingerprint density at radius 1 is 1.07 bits per heavy atom. The van der Waals surface area contributed by atoms with Crippen LogP contribution in [0, 0.1) is 0 Å². The Bertz CT molecular complexity index is 1080. The van der Waals surface area contributed by atoms with Gasteiger partial charge in [0.25, 0.3) is 5.91 Å². The molecule has 0 bridgehead atoms. The minimum absolute atomic E-state index is 0.101. The molecule has 146 valence electrons. The van der Waals surface area contributed by atoms with E-state index in [1.54, 1.807) is 30.5 Å². The number of ether oxygens (including phenoxy) is 1. The number of hydrogen-bond acceptors (Lipinski definition) is 5. The van der Waals surface area contributed by atoms with Crippen LogP contribution in [-0.4, -0.2) is 22.0 Å². The lowest BCUT2D eigenvalue weighted by Gasteiger charge is -2.10. The van der Waals surface area contributed by atoms with Gasteiger partial charge < -0.3 is 14.5 Å². The number of amides is 1. The fourth-order valence-corrected chi connectivity index (χ4v) is 2.90. The number of benzene rings is 2. The number of nitrogens with zero attached hydrogens (tertiary/aromatic N) is 2. The number of hydrogen-bond donors (Lipinski definition) is 1. The normalized spacial score (nSPS) is 11.0. The van der Waals surface area contributed by atoms with Gasteiger partial charge in [-0.05, 0) is 67.9 Å². The second-order valence-corrected chi connectivity index (χ2v) is 6.91. The summed E-state index contributed by atoms with van der Waals surface area (Å²) in [6, 6.07) is 18.5. The zero-order valence-corrected chi connectivity index (χ0v) is 16.3. The Kier molecular flexibility index (Phi) is 5.24. The lowest BCUT2D eigenvalue weighted by molar-refractivity contribution is 0.0951. The smallest absolute Gasteiger partial charge is 0.251 e. The molecule has 2 heterocycles. The molecule has 29 heavy (non-hydrogen) atoms. The van der Waals surface area contributed by atoms with Crippen molar-refractivity contribution >= 4 is 17.1 Å². The third kappa shape index (κ3) is 4.43. The topological polar surface area (TPSA) is 77.2 Å². The van der Waals surface area contributed by atoms with Gasteiger partial charge in [-0.25, -0.2) is 4.98 Å². The maximum atomic E-state index is 12.4. The van der Waals surface area contributed by atoms with Gasteiger partial charge in [0, 0.05) is 23.9 Å². The van der Waals surface area contributed by atoms with Gasteiger partial charge in [-0.2, -0.15) is 4.98 Å². The molecule has 0 fully saturated rings. The van der Waals surface area contributed by atoms with Gasteiger partial charge in [0.15, 0.2) is 11.2 Å². The molecule has 0 unspecified atom stereocenters. The van der Waals surface area contributed by atoms with Crippen molar-refractivity contribution in [1.82, 2.24) is 15.3 Å². The molecule has 4 aromatic rings. The molecule has 6 nitrogen and oxygen atoms in total. The highest BCUT2D eigenvalue weighted by molar-refractivity contribution is 5.94. The monoisotopic (exact) mass is 387 g/mol. The largest absolute Gasteiger partial charge is 0.491 e. The van der Waals surface area contributed by atoms with E-state index in [0.29, 0.717) is 29.2 Å². The summed E-state index contributed by atoms with van der Waals surface area (Å²) in [5, 5.41) is 2.93. The highest BCUT2D eigenvalue weighted by atomic mass is 16.5. The van der Waals surface area contributed by atoms with Crippen molar-refractivity contribution in [3.8, 4) is 17.2 Å². The molecule has 0 spiro atoms. The fraction of sp³-hybridized carbons (Fsp3) is 0.174. The minimum Gasteiger partial charge on any atom is -0.491 e. The van der Waals surface area contributed by atoms with Crippen LogP contribution >= 0.6 is 0 Å². The third-order valence-corrected chi connectivity index (χ3v) is 4.31. The summed E-state index contributed by atoms with van der Waals surface area (Å²) >= 11 is 0. The molecule has 1 amide bonds. The average Bonchev–Trinajstić information content (AvgIpc) is 3.17. The summed E-state index contributed by atoms with van der Waals surface area (Å²) in [5.74, 6) is 1.15. The van der Waals surface area contributed by atoms with Gasteiger partial charge >= 0.3 is 0 Å². The SMILES string of the molecule is CC(C)Oc1ccc(C(=O)NCc2ccc(-c3nc4ncccc4o3)cc2)cc1. The summed E-state index contributed by atoms with van der Waals surface area (Å²) in [5.41, 5.74) is 3.68. The quantitative estimate of drug-likeness (QED) is 0.523. The molecule has 0 radical (unpaired) electrons. The predicted octanol–water partition coefficient (Wildman–Crippen LogP) is 4.61. The number of nitrogens with one attached hydrogen (secondary N) is 1. The first kappa shape index (κ1) is 18.7. The van der Waals surface area contributed by atoms with Crippen molar-refractivity contribution in [3.05, 3.63) is 78.0 Å². The zero-order chi connectivity index (χ0) is 20.2. The Morgan fingerprint density at radius 2 is 1.83 bits per heavy atom. The molecular formula is C23H21N3O3. The van der Waals surface area contributed by atoms with Crippen molar-refractivity contribution in [2.45, 2.75) is 26.5 Å². The molecule has 2 aromatic heterocycles. The number of carbonyl (C=O) groups is 1. The van der Waals surface area contributed by atoms with Crippen LogP contribution in [-0.2, 0) is 6.54 Å². The van der Waals surface area contributed by atoms with Crippen LogP contribution in [0.25, 0.3) is 22.7 Å². The lowest BCUT2D eigenvalue weighted by atomic mass is 10.1. The van der Waals surface area contributed by atoms with E-state index in [2.05, 4.69) is 15.3 Å². The standard InChI is InChI=1S/C23H21N3O3/c1-15(2)28-19-11-9-17(10-12-19)22(27)25-14-16-5-7-18(8-6-16)23-26-21-20(29-23)4-3-13-24-21/h3-13,15H,14H2,1-2H3,(H,25,27). The van der Waals surface area contributed by atoms with E-state index in [1.165, 1.54) is 0 Å². The van der Waals surface area contributed by atoms with E-state index in [0.717, 1.165) is 16.9 Å². The Hall–Kier alpha value is -3.67. The maximum Gasteiger partial charge on any atom is 0.251 e. The number of rotatable bonds is 6. The van der Waals surface area contributed by atoms with Crippen LogP contribution in [0.1, 0.15) is 29.8 Å². The van der Waals surface area contributed by atoms with Crippen molar-refractivity contribution < 1.29 is 13.9 Å². The molecule has 4 rings (SSSR count). The van der Waals surface area contributed by atoms with Crippen LogP contribution in [0.5, 0.6) is 5.75 Å². The van der Waals surface area contributed by atoms with Crippen LogP contribution in [0.2, 0.25) is 0 Å². The van der Waals surface area contributed by atoms with E-state index < -0.39 is 0 Å². The van der Waals surface area contributed by atoms with Crippen LogP contribution < -0.4 is 10.1 Å². The van der Waals surface area contributed by atoms with Crippen molar-refractivity contribution in [2.75, 3.05) is 0 Å². The fourth-order valence-electron chi connectivity index (χ4n) is 2.90. The lowest BCUT2D eigenvalue weighted by Crippen LogP contribution is -2.22. The van der Waals surface area contributed by atoms with E-state index in [1.807, 2.05) is 50.2 Å². The van der Waals surface area contributed by atoms with Crippen molar-refractivity contribution in [1.29, 1.82) is 0 Å². The molecular weight excluding hydrogens is 366 g/mol. The molecule has 0 aliphatic heterocycles. The molecule has 0 aliphatic carbocycles. The average molecular weight is 387 g/mol.